The molecule has 2 unspecified atom stereocenters. The van der Waals surface area contributed by atoms with Gasteiger partial charge in [0.1, 0.15) is 18.1 Å². The van der Waals surface area contributed by atoms with Gasteiger partial charge in [-0.25, -0.2) is 0 Å². The second-order valence-corrected chi connectivity index (χ2v) is 4.42. The van der Waals surface area contributed by atoms with Crippen LogP contribution in [0.15, 0.2) is 16.5 Å². The monoisotopic (exact) mass is 225 g/mol. The van der Waals surface area contributed by atoms with Crippen molar-refractivity contribution in [1.29, 1.82) is 0 Å². The Morgan fingerprint density at radius 1 is 1.31 bits per heavy atom. The maximum Gasteiger partial charge on any atom is 0.129 e. The molecule has 0 aromatic carbocycles. The number of hydrogen-bond acceptors (Lipinski definition) is 4. The van der Waals surface area contributed by atoms with Gasteiger partial charge in [0, 0.05) is 6.54 Å². The molecule has 1 aromatic heterocycles. The maximum absolute atomic E-state index is 9.63. The number of rotatable bonds is 5. The number of furan rings is 1. The molecular weight excluding hydrogens is 206 g/mol. The molecule has 0 bridgehead atoms. The minimum absolute atomic E-state index is 0.0542. The van der Waals surface area contributed by atoms with Gasteiger partial charge in [-0.15, -0.1) is 0 Å². The summed E-state index contributed by atoms with van der Waals surface area (Å²) in [6, 6.07) is 3.64. The summed E-state index contributed by atoms with van der Waals surface area (Å²) in [7, 11) is 0. The molecule has 90 valence electrons. The second kappa shape index (κ2) is 5.48. The van der Waals surface area contributed by atoms with Gasteiger partial charge in [-0.1, -0.05) is 6.42 Å². The maximum atomic E-state index is 9.63. The van der Waals surface area contributed by atoms with Crippen molar-refractivity contribution < 1.29 is 14.6 Å². The lowest BCUT2D eigenvalue weighted by Gasteiger charge is -2.14. The number of nitrogens with one attached hydrogen (secondary N) is 1. The molecule has 1 saturated carbocycles. The lowest BCUT2D eigenvalue weighted by molar-refractivity contribution is 0.131. The molecule has 0 saturated heterocycles. The van der Waals surface area contributed by atoms with Gasteiger partial charge < -0.3 is 19.9 Å². The summed E-state index contributed by atoms with van der Waals surface area (Å²) in [5, 5.41) is 21.7. The lowest BCUT2D eigenvalue weighted by Crippen LogP contribution is -2.27. The average molecular weight is 225 g/mol. The van der Waals surface area contributed by atoms with Crippen molar-refractivity contribution >= 4 is 0 Å². The fraction of sp³-hybridized carbons (Fsp3) is 0.667. The minimum atomic E-state index is -0.142. The van der Waals surface area contributed by atoms with Crippen LogP contribution in [0.3, 0.4) is 0 Å². The first kappa shape index (κ1) is 11.6. The molecule has 16 heavy (non-hydrogen) atoms. The summed E-state index contributed by atoms with van der Waals surface area (Å²) in [5.74, 6) is 1.81. The predicted molar refractivity (Wildman–Crippen MR) is 59.7 cm³/mol. The van der Waals surface area contributed by atoms with E-state index in [9.17, 15) is 5.11 Å². The Balaban J connectivity index is 1.71. The smallest absolute Gasteiger partial charge is 0.129 e. The van der Waals surface area contributed by atoms with Crippen LogP contribution < -0.4 is 5.32 Å². The Morgan fingerprint density at radius 2 is 2.12 bits per heavy atom. The first-order valence-electron chi connectivity index (χ1n) is 5.87. The molecule has 1 aromatic rings. The Morgan fingerprint density at radius 3 is 2.75 bits per heavy atom. The van der Waals surface area contributed by atoms with Crippen LogP contribution in [0.4, 0.5) is 0 Å². The lowest BCUT2D eigenvalue weighted by atomic mass is 10.1. The highest BCUT2D eigenvalue weighted by molar-refractivity contribution is 5.06. The first-order valence-corrected chi connectivity index (χ1v) is 5.87. The van der Waals surface area contributed by atoms with Gasteiger partial charge in [-0.05, 0) is 30.9 Å². The van der Waals surface area contributed by atoms with Gasteiger partial charge in [-0.2, -0.15) is 0 Å². The second-order valence-electron chi connectivity index (χ2n) is 4.42. The van der Waals surface area contributed by atoms with Crippen LogP contribution in [-0.4, -0.2) is 22.9 Å². The summed E-state index contributed by atoms with van der Waals surface area (Å²) in [4.78, 5) is 0. The molecule has 4 heteroatoms. The number of hydrogen-bond donors (Lipinski definition) is 3. The van der Waals surface area contributed by atoms with Gasteiger partial charge >= 0.3 is 0 Å². The third-order valence-electron chi connectivity index (χ3n) is 3.20. The molecule has 0 radical (unpaired) electrons. The molecule has 0 spiro atoms. The number of aliphatic hydroxyl groups is 2. The molecule has 1 aliphatic carbocycles. The van der Waals surface area contributed by atoms with Crippen molar-refractivity contribution in [3.8, 4) is 0 Å². The summed E-state index contributed by atoms with van der Waals surface area (Å²) in [5.41, 5.74) is 0. The molecule has 3 N–H and O–H groups in total. The fourth-order valence-electron chi connectivity index (χ4n) is 2.24. The van der Waals surface area contributed by atoms with Crippen LogP contribution in [0.2, 0.25) is 0 Å². The summed E-state index contributed by atoms with van der Waals surface area (Å²) < 4.78 is 5.35. The van der Waals surface area contributed by atoms with E-state index >= 15 is 0 Å². The van der Waals surface area contributed by atoms with Crippen molar-refractivity contribution in [2.45, 2.75) is 38.5 Å². The van der Waals surface area contributed by atoms with Crippen molar-refractivity contribution in [1.82, 2.24) is 5.32 Å². The highest BCUT2D eigenvalue weighted by Gasteiger charge is 2.24. The van der Waals surface area contributed by atoms with Gasteiger partial charge in [0.25, 0.3) is 0 Å². The van der Waals surface area contributed by atoms with Crippen LogP contribution >= 0.6 is 0 Å². The molecule has 2 atom stereocenters. The van der Waals surface area contributed by atoms with E-state index in [1.165, 1.54) is 0 Å². The van der Waals surface area contributed by atoms with Crippen LogP contribution in [0.1, 0.15) is 30.8 Å². The topological polar surface area (TPSA) is 65.6 Å². The van der Waals surface area contributed by atoms with E-state index in [2.05, 4.69) is 5.32 Å². The van der Waals surface area contributed by atoms with Crippen LogP contribution in [0.25, 0.3) is 0 Å². The van der Waals surface area contributed by atoms with Gasteiger partial charge in [-0.3, -0.25) is 0 Å². The van der Waals surface area contributed by atoms with Crippen molar-refractivity contribution in [2.24, 2.45) is 5.92 Å². The average Bonchev–Trinajstić information content (AvgIpc) is 2.89. The SMILES string of the molecule is OCc1ccc(CNCC2CCCC2O)o1. The Labute approximate surface area is 95.3 Å². The third kappa shape index (κ3) is 2.84. The van der Waals surface area contributed by atoms with Gasteiger partial charge in [0.15, 0.2) is 0 Å². The quantitative estimate of drug-likeness (QED) is 0.700. The molecule has 0 amide bonds. The minimum Gasteiger partial charge on any atom is -0.462 e. The van der Waals surface area contributed by atoms with E-state index < -0.39 is 0 Å². The Hall–Kier alpha value is -0.840. The van der Waals surface area contributed by atoms with E-state index in [1.807, 2.05) is 6.07 Å². The molecule has 1 fully saturated rings. The van der Waals surface area contributed by atoms with Crippen LogP contribution in [-0.2, 0) is 13.2 Å². The van der Waals surface area contributed by atoms with Crippen LogP contribution in [0.5, 0.6) is 0 Å². The zero-order valence-electron chi connectivity index (χ0n) is 9.35. The molecule has 1 heterocycles. The standard InChI is InChI=1S/C12H19NO3/c14-8-11-5-4-10(16-11)7-13-6-9-2-1-3-12(9)15/h4-5,9,12-15H,1-3,6-8H2. The number of aliphatic hydroxyl groups excluding tert-OH is 2. The zero-order valence-corrected chi connectivity index (χ0v) is 9.35. The first-order chi connectivity index (χ1) is 7.79. The van der Waals surface area contributed by atoms with E-state index in [-0.39, 0.29) is 12.7 Å². The zero-order chi connectivity index (χ0) is 11.4. The van der Waals surface area contributed by atoms with E-state index in [4.69, 9.17) is 9.52 Å². The summed E-state index contributed by atoms with van der Waals surface area (Å²) >= 11 is 0. The Bertz CT molecular complexity index is 324. The van der Waals surface area contributed by atoms with Gasteiger partial charge in [0.2, 0.25) is 0 Å². The van der Waals surface area contributed by atoms with Crippen molar-refractivity contribution in [3.63, 3.8) is 0 Å². The van der Waals surface area contributed by atoms with Crippen LogP contribution in [0, 0.1) is 5.92 Å². The molecule has 0 aliphatic heterocycles. The molecule has 1 aliphatic rings. The summed E-state index contributed by atoms with van der Waals surface area (Å²) in [6.07, 6.45) is 3.02. The largest absolute Gasteiger partial charge is 0.462 e. The molecular formula is C12H19NO3. The molecule has 2 rings (SSSR count). The summed E-state index contributed by atoms with van der Waals surface area (Å²) in [6.45, 7) is 1.43. The van der Waals surface area contributed by atoms with E-state index in [1.54, 1.807) is 6.07 Å². The van der Waals surface area contributed by atoms with Crippen molar-refractivity contribution in [2.75, 3.05) is 6.54 Å². The van der Waals surface area contributed by atoms with E-state index in [0.717, 1.165) is 31.6 Å². The highest BCUT2D eigenvalue weighted by Crippen LogP contribution is 2.24. The highest BCUT2D eigenvalue weighted by atomic mass is 16.4. The van der Waals surface area contributed by atoms with E-state index in [0.29, 0.717) is 18.2 Å². The predicted octanol–water partition coefficient (Wildman–Crippen LogP) is 1.02. The van der Waals surface area contributed by atoms with Gasteiger partial charge in [0.05, 0.1) is 12.6 Å². The normalized spacial score (nSPS) is 25.1. The molecule has 4 nitrogen and oxygen atoms in total. The third-order valence-corrected chi connectivity index (χ3v) is 3.20. The van der Waals surface area contributed by atoms with Crippen molar-refractivity contribution in [3.05, 3.63) is 23.7 Å². The Kier molecular flexibility index (Phi) is 3.98. The fourth-order valence-corrected chi connectivity index (χ4v) is 2.24.